The second-order valence-corrected chi connectivity index (χ2v) is 5.56. The Hall–Kier alpha value is -3.03. The van der Waals surface area contributed by atoms with E-state index >= 15 is 0 Å². The topological polar surface area (TPSA) is 70.2 Å². The van der Waals surface area contributed by atoms with E-state index in [-0.39, 0.29) is 18.0 Å². The Morgan fingerprint density at radius 2 is 1.68 bits per heavy atom. The highest BCUT2D eigenvalue weighted by Gasteiger charge is 2.30. The summed E-state index contributed by atoms with van der Waals surface area (Å²) in [5, 5.41) is 8.15. The number of alkyl halides is 3. The summed E-state index contributed by atoms with van der Waals surface area (Å²) in [5.41, 5.74) is 0.770. The van der Waals surface area contributed by atoms with Crippen molar-refractivity contribution in [3.63, 3.8) is 0 Å². The van der Waals surface area contributed by atoms with Crippen LogP contribution in [0.1, 0.15) is 12.0 Å². The van der Waals surface area contributed by atoms with Gasteiger partial charge in [0.05, 0.1) is 23.4 Å². The average Bonchev–Trinajstić information content (AvgIpc) is 2.55. The van der Waals surface area contributed by atoms with E-state index < -0.39 is 23.7 Å². The van der Waals surface area contributed by atoms with E-state index in [9.17, 15) is 22.8 Å². The predicted molar refractivity (Wildman–Crippen MR) is 87.2 cm³/mol. The number of amides is 2. The standard InChI is InChI=1S/C17H14F3N3O2/c18-17(19,20)10-5-7-11(8-6-10)21-15(24)9-14-16(25)23-13-4-2-1-3-12(13)22-14/h1-8,14,22H,9H2,(H,21,24)(H,23,25)/t14-/m1/s1. The van der Waals surface area contributed by atoms with E-state index in [2.05, 4.69) is 16.0 Å². The maximum absolute atomic E-state index is 12.5. The van der Waals surface area contributed by atoms with Gasteiger partial charge in [-0.1, -0.05) is 12.1 Å². The molecule has 0 saturated heterocycles. The number of hydrogen-bond donors (Lipinski definition) is 3. The minimum Gasteiger partial charge on any atom is -0.372 e. The number of nitrogens with one attached hydrogen (secondary N) is 3. The van der Waals surface area contributed by atoms with Crippen LogP contribution in [-0.4, -0.2) is 17.9 Å². The number of para-hydroxylation sites is 2. The fourth-order valence-corrected chi connectivity index (χ4v) is 2.47. The molecule has 1 aliphatic rings. The summed E-state index contributed by atoms with van der Waals surface area (Å²) in [6.45, 7) is 0. The van der Waals surface area contributed by atoms with Crippen LogP contribution in [-0.2, 0) is 15.8 Å². The second kappa shape index (κ2) is 6.46. The molecular formula is C17H14F3N3O2. The highest BCUT2D eigenvalue weighted by atomic mass is 19.4. The number of anilines is 3. The van der Waals surface area contributed by atoms with E-state index in [1.807, 2.05) is 0 Å². The molecule has 130 valence electrons. The molecule has 2 aromatic rings. The van der Waals surface area contributed by atoms with Crippen LogP contribution in [0.5, 0.6) is 0 Å². The van der Waals surface area contributed by atoms with Crippen LogP contribution in [0.3, 0.4) is 0 Å². The largest absolute Gasteiger partial charge is 0.416 e. The van der Waals surface area contributed by atoms with Crippen LogP contribution in [0.2, 0.25) is 0 Å². The Morgan fingerprint density at radius 1 is 1.04 bits per heavy atom. The van der Waals surface area contributed by atoms with Crippen molar-refractivity contribution in [3.05, 3.63) is 54.1 Å². The van der Waals surface area contributed by atoms with Crippen molar-refractivity contribution in [1.29, 1.82) is 0 Å². The number of rotatable bonds is 3. The SMILES string of the molecule is O=C(C[C@H]1Nc2ccccc2NC1=O)Nc1ccc(C(F)(F)F)cc1. The lowest BCUT2D eigenvalue weighted by Crippen LogP contribution is -2.41. The van der Waals surface area contributed by atoms with Crippen molar-refractivity contribution < 1.29 is 22.8 Å². The maximum Gasteiger partial charge on any atom is 0.416 e. The van der Waals surface area contributed by atoms with Crippen molar-refractivity contribution >= 4 is 28.9 Å². The van der Waals surface area contributed by atoms with Gasteiger partial charge in [-0.2, -0.15) is 13.2 Å². The lowest BCUT2D eigenvalue weighted by molar-refractivity contribution is -0.137. The molecule has 5 nitrogen and oxygen atoms in total. The van der Waals surface area contributed by atoms with Gasteiger partial charge < -0.3 is 16.0 Å². The number of fused-ring (bicyclic) bond motifs is 1. The molecule has 0 unspecified atom stereocenters. The molecule has 2 amide bonds. The molecule has 25 heavy (non-hydrogen) atoms. The summed E-state index contributed by atoms with van der Waals surface area (Å²) >= 11 is 0. The van der Waals surface area contributed by atoms with Gasteiger partial charge >= 0.3 is 6.18 Å². The minimum absolute atomic E-state index is 0.152. The first-order chi connectivity index (χ1) is 11.8. The predicted octanol–water partition coefficient (Wildman–Crippen LogP) is 3.47. The molecule has 0 aliphatic carbocycles. The van der Waals surface area contributed by atoms with Crippen LogP contribution in [0.15, 0.2) is 48.5 Å². The van der Waals surface area contributed by atoms with E-state index in [0.29, 0.717) is 11.4 Å². The first-order valence-corrected chi connectivity index (χ1v) is 7.46. The zero-order chi connectivity index (χ0) is 18.0. The lowest BCUT2D eigenvalue weighted by atomic mass is 10.1. The molecule has 0 spiro atoms. The van der Waals surface area contributed by atoms with Crippen LogP contribution in [0, 0.1) is 0 Å². The molecule has 1 atom stereocenters. The number of halogens is 3. The van der Waals surface area contributed by atoms with Crippen LogP contribution in [0.4, 0.5) is 30.2 Å². The maximum atomic E-state index is 12.5. The van der Waals surface area contributed by atoms with Gasteiger partial charge in [0.2, 0.25) is 11.8 Å². The smallest absolute Gasteiger partial charge is 0.372 e. The zero-order valence-electron chi connectivity index (χ0n) is 12.9. The van der Waals surface area contributed by atoms with Gasteiger partial charge in [0.25, 0.3) is 0 Å². The molecule has 3 N–H and O–H groups in total. The van der Waals surface area contributed by atoms with Crippen LogP contribution < -0.4 is 16.0 Å². The fourth-order valence-electron chi connectivity index (χ4n) is 2.47. The zero-order valence-corrected chi connectivity index (χ0v) is 12.9. The first kappa shape index (κ1) is 16.8. The highest BCUT2D eigenvalue weighted by molar-refractivity contribution is 6.06. The quantitative estimate of drug-likeness (QED) is 0.795. The van der Waals surface area contributed by atoms with Crippen molar-refractivity contribution in [3.8, 4) is 0 Å². The van der Waals surface area contributed by atoms with Crippen LogP contribution in [0.25, 0.3) is 0 Å². The van der Waals surface area contributed by atoms with Gasteiger partial charge in [0.15, 0.2) is 0 Å². The molecule has 3 rings (SSSR count). The Labute approximate surface area is 141 Å². The number of carbonyl (C=O) groups is 2. The third kappa shape index (κ3) is 3.90. The average molecular weight is 349 g/mol. The normalized spacial score (nSPS) is 16.4. The van der Waals surface area contributed by atoms with Gasteiger partial charge in [-0.3, -0.25) is 9.59 Å². The molecule has 0 saturated carbocycles. The molecule has 0 bridgehead atoms. The number of carbonyl (C=O) groups excluding carboxylic acids is 2. The van der Waals surface area contributed by atoms with Gasteiger partial charge in [0.1, 0.15) is 6.04 Å². The van der Waals surface area contributed by atoms with Crippen molar-refractivity contribution in [2.75, 3.05) is 16.0 Å². The van der Waals surface area contributed by atoms with Crippen molar-refractivity contribution in [2.45, 2.75) is 18.6 Å². The Morgan fingerprint density at radius 3 is 2.32 bits per heavy atom. The monoisotopic (exact) mass is 349 g/mol. The van der Waals surface area contributed by atoms with Crippen molar-refractivity contribution in [2.24, 2.45) is 0 Å². The molecular weight excluding hydrogens is 335 g/mol. The first-order valence-electron chi connectivity index (χ1n) is 7.46. The number of benzene rings is 2. The summed E-state index contributed by atoms with van der Waals surface area (Å²) in [5.74, 6) is -0.826. The van der Waals surface area contributed by atoms with E-state index in [1.165, 1.54) is 12.1 Å². The van der Waals surface area contributed by atoms with Crippen molar-refractivity contribution in [1.82, 2.24) is 0 Å². The summed E-state index contributed by atoms with van der Waals surface area (Å²) in [7, 11) is 0. The molecule has 8 heteroatoms. The van der Waals surface area contributed by atoms with Gasteiger partial charge in [-0.25, -0.2) is 0 Å². The fraction of sp³-hybridized carbons (Fsp3) is 0.176. The molecule has 2 aromatic carbocycles. The number of hydrogen-bond acceptors (Lipinski definition) is 3. The Bertz CT molecular complexity index is 804. The van der Waals surface area contributed by atoms with E-state index in [1.54, 1.807) is 24.3 Å². The summed E-state index contributed by atoms with van der Waals surface area (Å²) in [6.07, 6.45) is -4.58. The molecule has 0 radical (unpaired) electrons. The summed E-state index contributed by atoms with van der Waals surface area (Å²) in [6, 6.07) is 10.4. The third-order valence-electron chi connectivity index (χ3n) is 3.72. The van der Waals surface area contributed by atoms with Gasteiger partial charge in [-0.15, -0.1) is 0 Å². The van der Waals surface area contributed by atoms with Gasteiger partial charge in [0, 0.05) is 5.69 Å². The molecule has 1 aliphatic heterocycles. The van der Waals surface area contributed by atoms with Crippen LogP contribution >= 0.6 is 0 Å². The van der Waals surface area contributed by atoms with Gasteiger partial charge in [-0.05, 0) is 36.4 Å². The molecule has 0 fully saturated rings. The van der Waals surface area contributed by atoms with E-state index in [0.717, 1.165) is 12.1 Å². The minimum atomic E-state index is -4.43. The van der Waals surface area contributed by atoms with E-state index in [4.69, 9.17) is 0 Å². The summed E-state index contributed by atoms with van der Waals surface area (Å²) < 4.78 is 37.5. The molecule has 1 heterocycles. The second-order valence-electron chi connectivity index (χ2n) is 5.56. The summed E-state index contributed by atoms with van der Waals surface area (Å²) in [4.78, 5) is 24.1. The Kier molecular flexibility index (Phi) is 4.35. The molecule has 0 aromatic heterocycles. The lowest BCUT2D eigenvalue weighted by Gasteiger charge is -2.26. The highest BCUT2D eigenvalue weighted by Crippen LogP contribution is 2.30. The Balaban J connectivity index is 1.62. The third-order valence-corrected chi connectivity index (χ3v) is 3.72.